The van der Waals surface area contributed by atoms with Gasteiger partial charge in [0.15, 0.2) is 0 Å². The third-order valence-corrected chi connectivity index (χ3v) is 5.94. The van der Waals surface area contributed by atoms with Gasteiger partial charge < -0.3 is 0 Å². The molecule has 0 N–H and O–H groups in total. The predicted molar refractivity (Wildman–Crippen MR) is 61.0 cm³/mol. The number of allylic oxidation sites excluding steroid dienone is 5. The van der Waals surface area contributed by atoms with Crippen LogP contribution in [0.1, 0.15) is 20.3 Å². The number of hydrogen-bond donors (Lipinski definition) is 0. The summed E-state index contributed by atoms with van der Waals surface area (Å²) in [7, 11) is -1.43. The minimum absolute atomic E-state index is 0.0318. The van der Waals surface area contributed by atoms with E-state index >= 15 is 0 Å². The minimum Gasteiger partial charge on any atom is -0.200 e. The van der Waals surface area contributed by atoms with Gasteiger partial charge in [0.25, 0.3) is 0 Å². The third-order valence-electron chi connectivity index (χ3n) is 2.47. The molecule has 0 aromatic heterocycles. The molecule has 0 aliphatic carbocycles. The molecule has 70 valence electrons. The van der Waals surface area contributed by atoms with Crippen LogP contribution < -0.4 is 0 Å². The fourth-order valence-corrected chi connectivity index (χ4v) is 4.56. The van der Waals surface area contributed by atoms with Gasteiger partial charge in [-0.05, 0) is 42.2 Å². The summed E-state index contributed by atoms with van der Waals surface area (Å²) in [5, 5.41) is 4.23. The molecule has 0 nitrogen and oxygen atoms in total. The van der Waals surface area contributed by atoms with E-state index < -0.39 is 9.21 Å². The minimum atomic E-state index is -1.43. The van der Waals surface area contributed by atoms with Gasteiger partial charge in [-0.25, -0.2) is 4.39 Å². The molecule has 1 unspecified atom stereocenters. The first-order valence-electron chi connectivity index (χ1n) is 4.37. The third kappa shape index (κ3) is 1.20. The Labute approximate surface area is 78.9 Å². The normalized spacial score (nSPS) is 31.8. The van der Waals surface area contributed by atoms with E-state index in [4.69, 9.17) is 0 Å². The second kappa shape index (κ2) is 2.88. The molecular weight excluding hydrogens is 183 g/mol. The molecule has 0 aromatic carbocycles. The van der Waals surface area contributed by atoms with Gasteiger partial charge in [-0.15, -0.1) is 9.21 Å². The van der Waals surface area contributed by atoms with Crippen LogP contribution in [0.25, 0.3) is 0 Å². The van der Waals surface area contributed by atoms with Crippen LogP contribution in [0.3, 0.4) is 0 Å². The average molecular weight is 196 g/mol. The second-order valence-electron chi connectivity index (χ2n) is 3.43. The maximum absolute atomic E-state index is 13.7. The molecule has 0 saturated heterocycles. The van der Waals surface area contributed by atoms with Crippen LogP contribution in [0.5, 0.6) is 0 Å². The second-order valence-corrected chi connectivity index (χ2v) is 6.45. The summed E-state index contributed by atoms with van der Waals surface area (Å²) in [5.41, 5.74) is 1.17. The van der Waals surface area contributed by atoms with Gasteiger partial charge >= 0.3 is 0 Å². The van der Waals surface area contributed by atoms with Gasteiger partial charge in [-0.2, -0.15) is 0 Å². The molecule has 0 fully saturated rings. The molecule has 1 spiro atoms. The SMILES string of the molecule is CC1=CS2(=CCC=C2C)=C(F)C=C1. The van der Waals surface area contributed by atoms with Crippen molar-refractivity contribution in [1.82, 2.24) is 0 Å². The lowest BCUT2D eigenvalue weighted by Gasteiger charge is -2.16. The summed E-state index contributed by atoms with van der Waals surface area (Å²) in [6, 6.07) is 0. The molecule has 13 heavy (non-hydrogen) atoms. The summed E-state index contributed by atoms with van der Waals surface area (Å²) < 4.78 is 13.7. The Morgan fingerprint density at radius 1 is 1.31 bits per heavy atom. The Hall–Kier alpha value is -0.760. The molecule has 2 heteroatoms. The topological polar surface area (TPSA) is 0 Å². The Balaban J connectivity index is 2.81. The van der Waals surface area contributed by atoms with E-state index in [9.17, 15) is 4.39 Å². The van der Waals surface area contributed by atoms with Crippen LogP contribution >= 0.6 is 9.21 Å². The zero-order chi connectivity index (χ0) is 9.47. The van der Waals surface area contributed by atoms with Gasteiger partial charge in [0.1, 0.15) is 5.12 Å². The van der Waals surface area contributed by atoms with Crippen LogP contribution in [0.15, 0.2) is 34.1 Å². The summed E-state index contributed by atoms with van der Waals surface area (Å²) in [6.07, 6.45) is 6.49. The van der Waals surface area contributed by atoms with Crippen LogP contribution in [-0.4, -0.2) is 10.5 Å². The van der Waals surface area contributed by atoms with Gasteiger partial charge in [0, 0.05) is 0 Å². The molecular formula is C11H13FS. The van der Waals surface area contributed by atoms with E-state index in [2.05, 4.69) is 16.9 Å². The van der Waals surface area contributed by atoms with Crippen molar-refractivity contribution in [3.05, 3.63) is 34.1 Å². The Kier molecular flexibility index (Phi) is 1.95. The fourth-order valence-electron chi connectivity index (χ4n) is 1.71. The van der Waals surface area contributed by atoms with E-state index in [1.54, 1.807) is 6.08 Å². The smallest absolute Gasteiger partial charge is 0.150 e. The highest BCUT2D eigenvalue weighted by atomic mass is 32.2. The lowest BCUT2D eigenvalue weighted by molar-refractivity contribution is 0.836. The average Bonchev–Trinajstić information content (AvgIpc) is 2.43. The maximum Gasteiger partial charge on any atom is 0.150 e. The van der Waals surface area contributed by atoms with E-state index in [-0.39, 0.29) is 5.12 Å². The molecule has 0 bridgehead atoms. The Morgan fingerprint density at radius 3 is 2.69 bits per heavy atom. The van der Waals surface area contributed by atoms with E-state index in [0.29, 0.717) is 0 Å². The summed E-state index contributed by atoms with van der Waals surface area (Å²) in [6.45, 7) is 4.05. The molecule has 0 saturated carbocycles. The standard InChI is InChI=1S/C11H13FS/c1-9-5-6-11(12)13(8-9)7-3-4-10(13)2/h4-8H,3H2,1-2H3. The van der Waals surface area contributed by atoms with Crippen LogP contribution in [0.2, 0.25) is 0 Å². The first-order chi connectivity index (χ1) is 6.15. The lowest BCUT2D eigenvalue weighted by atomic mass is 10.3. The van der Waals surface area contributed by atoms with Gasteiger partial charge in [0.2, 0.25) is 0 Å². The van der Waals surface area contributed by atoms with Gasteiger partial charge in [-0.3, -0.25) is 0 Å². The molecule has 2 aliphatic rings. The highest BCUT2D eigenvalue weighted by Crippen LogP contribution is 2.44. The first kappa shape index (κ1) is 8.82. The van der Waals surface area contributed by atoms with Gasteiger partial charge in [0.05, 0.1) is 0 Å². The Morgan fingerprint density at radius 2 is 2.08 bits per heavy atom. The monoisotopic (exact) mass is 196 g/mol. The molecule has 0 amide bonds. The Bertz CT molecular complexity index is 452. The van der Waals surface area contributed by atoms with Crippen molar-refractivity contribution < 1.29 is 4.39 Å². The highest BCUT2D eigenvalue weighted by molar-refractivity contribution is 8.35. The summed E-state index contributed by atoms with van der Waals surface area (Å²) in [5.74, 6) is 0. The zero-order valence-corrected chi connectivity index (χ0v) is 8.70. The number of rotatable bonds is 0. The van der Waals surface area contributed by atoms with E-state index in [0.717, 1.165) is 6.42 Å². The molecule has 1 atom stereocenters. The fraction of sp³-hybridized carbons (Fsp3) is 0.273. The molecule has 2 aliphatic heterocycles. The van der Waals surface area contributed by atoms with E-state index in [1.807, 2.05) is 19.9 Å². The molecule has 0 aromatic rings. The number of hydrogen-bond acceptors (Lipinski definition) is 0. The lowest BCUT2D eigenvalue weighted by Crippen LogP contribution is -1.94. The van der Waals surface area contributed by atoms with Gasteiger partial charge in [-0.1, -0.05) is 17.5 Å². The van der Waals surface area contributed by atoms with Crippen molar-refractivity contribution in [2.75, 3.05) is 0 Å². The van der Waals surface area contributed by atoms with E-state index in [1.165, 1.54) is 10.5 Å². The number of halogens is 1. The zero-order valence-electron chi connectivity index (χ0n) is 7.88. The van der Waals surface area contributed by atoms with Crippen molar-refractivity contribution in [3.8, 4) is 0 Å². The molecule has 0 radical (unpaired) electrons. The summed E-state index contributed by atoms with van der Waals surface area (Å²) in [4.78, 5) is 1.19. The van der Waals surface area contributed by atoms with Crippen LogP contribution in [0.4, 0.5) is 4.39 Å². The molecule has 2 heterocycles. The van der Waals surface area contributed by atoms with Crippen LogP contribution in [-0.2, 0) is 0 Å². The largest absolute Gasteiger partial charge is 0.200 e. The quantitative estimate of drug-likeness (QED) is 0.411. The molecule has 2 rings (SSSR count). The first-order valence-corrected chi connectivity index (χ1v) is 6.13. The van der Waals surface area contributed by atoms with Crippen molar-refractivity contribution in [2.45, 2.75) is 20.3 Å². The maximum atomic E-state index is 13.7. The van der Waals surface area contributed by atoms with Crippen molar-refractivity contribution >= 4 is 19.7 Å². The summed E-state index contributed by atoms with van der Waals surface area (Å²) >= 11 is 0. The van der Waals surface area contributed by atoms with Crippen molar-refractivity contribution in [3.63, 3.8) is 0 Å². The van der Waals surface area contributed by atoms with Crippen molar-refractivity contribution in [1.29, 1.82) is 0 Å². The predicted octanol–water partition coefficient (Wildman–Crippen LogP) is 3.47. The van der Waals surface area contributed by atoms with Crippen molar-refractivity contribution in [2.24, 2.45) is 0 Å². The highest BCUT2D eigenvalue weighted by Gasteiger charge is 2.15. The van der Waals surface area contributed by atoms with Crippen LogP contribution in [0, 0.1) is 0 Å².